The minimum atomic E-state index is -4.29. The highest BCUT2D eigenvalue weighted by molar-refractivity contribution is 5.63. The fourth-order valence-corrected chi connectivity index (χ4v) is 2.28. The number of nitrogens with zero attached hydrogens (tertiary/aromatic N) is 2. The number of rotatable bonds is 2. The maximum atomic E-state index is 12.7. The van der Waals surface area contributed by atoms with E-state index in [9.17, 15) is 23.3 Å². The molecule has 5 nitrogen and oxygen atoms in total. The Morgan fingerprint density at radius 1 is 1.30 bits per heavy atom. The molecule has 1 fully saturated rings. The standard InChI is InChI=1S/C12H14F3N3O2/c13-12(14,15)11-5-7-17(8-6-16-11)9-3-1-2-4-10(9)18(19)20/h1-4,11,16H,5-8H2/t11-/m0/s1. The van der Waals surface area contributed by atoms with E-state index in [2.05, 4.69) is 5.32 Å². The van der Waals surface area contributed by atoms with Gasteiger partial charge in [0.05, 0.1) is 4.92 Å². The topological polar surface area (TPSA) is 58.4 Å². The van der Waals surface area contributed by atoms with Gasteiger partial charge in [-0.25, -0.2) is 0 Å². The zero-order valence-corrected chi connectivity index (χ0v) is 10.6. The summed E-state index contributed by atoms with van der Waals surface area (Å²) in [6.07, 6.45) is -4.42. The van der Waals surface area contributed by atoms with Crippen LogP contribution in [0.4, 0.5) is 24.5 Å². The number of hydrogen-bond donors (Lipinski definition) is 1. The summed E-state index contributed by atoms with van der Waals surface area (Å²) in [6, 6.07) is 4.54. The first kappa shape index (κ1) is 14.6. The first-order chi connectivity index (χ1) is 9.39. The predicted molar refractivity (Wildman–Crippen MR) is 67.8 cm³/mol. The smallest absolute Gasteiger partial charge is 0.365 e. The largest absolute Gasteiger partial charge is 0.403 e. The van der Waals surface area contributed by atoms with Gasteiger partial charge in [0.25, 0.3) is 5.69 Å². The SMILES string of the molecule is O=[N+]([O-])c1ccccc1N1CCN[C@H](C(F)(F)F)CC1. The average molecular weight is 289 g/mol. The van der Waals surface area contributed by atoms with Crippen molar-refractivity contribution in [3.05, 3.63) is 34.4 Å². The maximum Gasteiger partial charge on any atom is 0.403 e. The molecule has 1 saturated heterocycles. The second kappa shape index (κ2) is 5.66. The minimum Gasteiger partial charge on any atom is -0.365 e. The lowest BCUT2D eigenvalue weighted by atomic mass is 10.2. The lowest BCUT2D eigenvalue weighted by Gasteiger charge is -2.22. The second-order valence-electron chi connectivity index (χ2n) is 4.57. The van der Waals surface area contributed by atoms with Crippen LogP contribution in [-0.4, -0.2) is 36.8 Å². The van der Waals surface area contributed by atoms with Crippen LogP contribution in [0.2, 0.25) is 0 Å². The summed E-state index contributed by atoms with van der Waals surface area (Å²) in [5.74, 6) is 0. The van der Waals surface area contributed by atoms with Crippen molar-refractivity contribution < 1.29 is 18.1 Å². The molecule has 8 heteroatoms. The monoisotopic (exact) mass is 289 g/mol. The molecule has 0 aliphatic carbocycles. The molecule has 1 aliphatic rings. The van der Waals surface area contributed by atoms with Crippen molar-refractivity contribution in [2.24, 2.45) is 0 Å². The van der Waals surface area contributed by atoms with Gasteiger partial charge in [0.15, 0.2) is 0 Å². The van der Waals surface area contributed by atoms with Crippen molar-refractivity contribution in [3.63, 3.8) is 0 Å². The number of nitro groups is 1. The Morgan fingerprint density at radius 3 is 2.65 bits per heavy atom. The van der Waals surface area contributed by atoms with Gasteiger partial charge in [-0.15, -0.1) is 0 Å². The molecule has 0 bridgehead atoms. The quantitative estimate of drug-likeness (QED) is 0.670. The summed E-state index contributed by atoms with van der Waals surface area (Å²) < 4.78 is 38.0. The lowest BCUT2D eigenvalue weighted by Crippen LogP contribution is -2.42. The number of benzene rings is 1. The average Bonchev–Trinajstić information content (AvgIpc) is 2.63. The number of para-hydroxylation sites is 2. The van der Waals surface area contributed by atoms with Crippen molar-refractivity contribution in [1.29, 1.82) is 0 Å². The van der Waals surface area contributed by atoms with E-state index in [-0.39, 0.29) is 25.2 Å². The normalized spacial score (nSPS) is 20.6. The zero-order chi connectivity index (χ0) is 14.8. The number of nitro benzene ring substituents is 1. The molecule has 110 valence electrons. The first-order valence-corrected chi connectivity index (χ1v) is 6.18. The van der Waals surface area contributed by atoms with Crippen LogP contribution in [0.1, 0.15) is 6.42 Å². The Kier molecular flexibility index (Phi) is 4.12. The zero-order valence-electron chi connectivity index (χ0n) is 10.6. The van der Waals surface area contributed by atoms with E-state index in [1.54, 1.807) is 17.0 Å². The number of anilines is 1. The van der Waals surface area contributed by atoms with Gasteiger partial charge >= 0.3 is 6.18 Å². The van der Waals surface area contributed by atoms with Crippen LogP contribution in [-0.2, 0) is 0 Å². The Morgan fingerprint density at radius 2 is 2.00 bits per heavy atom. The van der Waals surface area contributed by atoms with Crippen LogP contribution in [0, 0.1) is 10.1 Å². The van der Waals surface area contributed by atoms with Crippen LogP contribution in [0.3, 0.4) is 0 Å². The molecule has 1 aromatic carbocycles. The van der Waals surface area contributed by atoms with Crippen LogP contribution in [0.15, 0.2) is 24.3 Å². The third kappa shape index (κ3) is 3.19. The molecule has 0 aromatic heterocycles. The molecule has 1 aromatic rings. The Bertz CT molecular complexity index is 493. The van der Waals surface area contributed by atoms with E-state index in [0.29, 0.717) is 12.2 Å². The Hall–Kier alpha value is -1.83. The van der Waals surface area contributed by atoms with Gasteiger partial charge in [0.2, 0.25) is 0 Å². The van der Waals surface area contributed by atoms with E-state index in [4.69, 9.17) is 0 Å². The van der Waals surface area contributed by atoms with Gasteiger partial charge in [-0.3, -0.25) is 10.1 Å². The number of nitrogens with one attached hydrogen (secondary N) is 1. The molecule has 0 unspecified atom stereocenters. The molecule has 0 saturated carbocycles. The van der Waals surface area contributed by atoms with Crippen molar-refractivity contribution in [3.8, 4) is 0 Å². The van der Waals surface area contributed by atoms with Crippen molar-refractivity contribution >= 4 is 11.4 Å². The molecule has 2 rings (SSSR count). The molecule has 1 aliphatic heterocycles. The van der Waals surface area contributed by atoms with Crippen LogP contribution in [0.25, 0.3) is 0 Å². The van der Waals surface area contributed by atoms with E-state index < -0.39 is 17.1 Å². The lowest BCUT2D eigenvalue weighted by molar-refractivity contribution is -0.384. The fourth-order valence-electron chi connectivity index (χ4n) is 2.28. The molecule has 20 heavy (non-hydrogen) atoms. The van der Waals surface area contributed by atoms with E-state index in [1.807, 2.05) is 0 Å². The molecule has 1 N–H and O–H groups in total. The Balaban J connectivity index is 2.17. The molecule has 0 radical (unpaired) electrons. The summed E-state index contributed by atoms with van der Waals surface area (Å²) in [5.41, 5.74) is 0.278. The van der Waals surface area contributed by atoms with E-state index >= 15 is 0 Å². The summed E-state index contributed by atoms with van der Waals surface area (Å²) in [5, 5.41) is 13.4. The summed E-state index contributed by atoms with van der Waals surface area (Å²) >= 11 is 0. The highest BCUT2D eigenvalue weighted by atomic mass is 19.4. The number of alkyl halides is 3. The number of halogens is 3. The second-order valence-corrected chi connectivity index (χ2v) is 4.57. The number of hydrogen-bond acceptors (Lipinski definition) is 4. The van der Waals surface area contributed by atoms with Crippen LogP contribution in [0.5, 0.6) is 0 Å². The third-order valence-corrected chi connectivity index (χ3v) is 3.27. The van der Waals surface area contributed by atoms with Crippen LogP contribution < -0.4 is 10.2 Å². The minimum absolute atomic E-state index is 0.0852. The summed E-state index contributed by atoms with van der Waals surface area (Å²) in [7, 11) is 0. The predicted octanol–water partition coefficient (Wildman–Crippen LogP) is 2.33. The van der Waals surface area contributed by atoms with Gasteiger partial charge in [-0.2, -0.15) is 13.2 Å². The van der Waals surface area contributed by atoms with E-state index in [1.165, 1.54) is 12.1 Å². The van der Waals surface area contributed by atoms with Crippen LogP contribution >= 0.6 is 0 Å². The van der Waals surface area contributed by atoms with Gasteiger partial charge < -0.3 is 10.2 Å². The molecular formula is C12H14F3N3O2. The molecule has 0 amide bonds. The summed E-state index contributed by atoms with van der Waals surface area (Å²) in [6.45, 7) is 0.565. The van der Waals surface area contributed by atoms with E-state index in [0.717, 1.165) is 0 Å². The highest BCUT2D eigenvalue weighted by Gasteiger charge is 2.40. The Labute approximate surface area is 113 Å². The molecule has 1 heterocycles. The van der Waals surface area contributed by atoms with Crippen molar-refractivity contribution in [2.45, 2.75) is 18.6 Å². The molecule has 0 spiro atoms. The van der Waals surface area contributed by atoms with Gasteiger partial charge in [0.1, 0.15) is 11.7 Å². The first-order valence-electron chi connectivity index (χ1n) is 6.18. The molecular weight excluding hydrogens is 275 g/mol. The highest BCUT2D eigenvalue weighted by Crippen LogP contribution is 2.30. The molecule has 1 atom stereocenters. The van der Waals surface area contributed by atoms with Gasteiger partial charge in [0, 0.05) is 25.7 Å². The van der Waals surface area contributed by atoms with Gasteiger partial charge in [-0.1, -0.05) is 12.1 Å². The third-order valence-electron chi connectivity index (χ3n) is 3.27. The maximum absolute atomic E-state index is 12.7. The van der Waals surface area contributed by atoms with Gasteiger partial charge in [-0.05, 0) is 12.5 Å². The van der Waals surface area contributed by atoms with Crippen molar-refractivity contribution in [2.75, 3.05) is 24.5 Å². The summed E-state index contributed by atoms with van der Waals surface area (Å²) in [4.78, 5) is 12.1. The van der Waals surface area contributed by atoms with Crippen molar-refractivity contribution in [1.82, 2.24) is 5.32 Å². The fraction of sp³-hybridized carbons (Fsp3) is 0.500.